The van der Waals surface area contributed by atoms with E-state index in [0.29, 0.717) is 0 Å². The standard InChI is InChI=1S/C21H22N4O2S2/c1-4-19-24-25-18(20(23-21(25)28-19)16-8-6-5-7-9-16)13-22-29(26,27)17-11-14(2)10-15(3)12-17/h5-12,22H,4,13H2,1-3H3. The number of aryl methyl sites for hydroxylation is 3. The summed E-state index contributed by atoms with van der Waals surface area (Å²) in [6.07, 6.45) is 0.808. The number of imidazole rings is 1. The average molecular weight is 427 g/mol. The predicted molar refractivity (Wildman–Crippen MR) is 116 cm³/mol. The Kier molecular flexibility index (Phi) is 5.24. The maximum absolute atomic E-state index is 12.9. The quantitative estimate of drug-likeness (QED) is 0.503. The molecule has 0 saturated heterocycles. The number of nitrogens with zero attached hydrogens (tertiary/aromatic N) is 3. The molecule has 150 valence electrons. The van der Waals surface area contributed by atoms with Gasteiger partial charge in [-0.1, -0.05) is 54.7 Å². The van der Waals surface area contributed by atoms with Gasteiger partial charge < -0.3 is 0 Å². The van der Waals surface area contributed by atoms with Crippen LogP contribution in [0.2, 0.25) is 0 Å². The van der Waals surface area contributed by atoms with Crippen LogP contribution in [-0.2, 0) is 23.0 Å². The maximum Gasteiger partial charge on any atom is 0.240 e. The highest BCUT2D eigenvalue weighted by atomic mass is 32.2. The third-order valence-corrected chi connectivity index (χ3v) is 7.06. The summed E-state index contributed by atoms with van der Waals surface area (Å²) in [5.74, 6) is 0. The van der Waals surface area contributed by atoms with E-state index in [-0.39, 0.29) is 11.4 Å². The van der Waals surface area contributed by atoms with Gasteiger partial charge >= 0.3 is 0 Å². The molecule has 0 amide bonds. The summed E-state index contributed by atoms with van der Waals surface area (Å²) in [6.45, 7) is 5.93. The third kappa shape index (κ3) is 3.96. The van der Waals surface area contributed by atoms with Gasteiger partial charge in [-0.3, -0.25) is 0 Å². The van der Waals surface area contributed by atoms with Crippen molar-refractivity contribution in [3.05, 3.63) is 70.4 Å². The van der Waals surface area contributed by atoms with Gasteiger partial charge in [0.1, 0.15) is 5.01 Å². The zero-order valence-electron chi connectivity index (χ0n) is 16.5. The Balaban J connectivity index is 1.73. The molecule has 0 fully saturated rings. The minimum Gasteiger partial charge on any atom is -0.217 e. The van der Waals surface area contributed by atoms with Crippen LogP contribution in [0.1, 0.15) is 28.8 Å². The topological polar surface area (TPSA) is 76.4 Å². The number of benzene rings is 2. The summed E-state index contributed by atoms with van der Waals surface area (Å²) in [7, 11) is -3.66. The molecule has 0 radical (unpaired) electrons. The first-order valence-corrected chi connectivity index (χ1v) is 11.7. The number of hydrogen-bond donors (Lipinski definition) is 1. The van der Waals surface area contributed by atoms with Crippen molar-refractivity contribution in [1.82, 2.24) is 19.3 Å². The van der Waals surface area contributed by atoms with Gasteiger partial charge in [-0.15, -0.1) is 0 Å². The summed E-state index contributed by atoms with van der Waals surface area (Å²) in [5.41, 5.74) is 4.23. The van der Waals surface area contributed by atoms with Crippen LogP contribution in [0.4, 0.5) is 0 Å². The molecule has 29 heavy (non-hydrogen) atoms. The molecule has 2 aromatic carbocycles. The van der Waals surface area contributed by atoms with Crippen LogP contribution in [0.3, 0.4) is 0 Å². The molecule has 0 aliphatic heterocycles. The molecule has 2 aromatic heterocycles. The SMILES string of the molecule is CCc1nn2c(CNS(=O)(=O)c3cc(C)cc(C)c3)c(-c3ccccc3)nc2s1. The molecule has 2 heterocycles. The monoisotopic (exact) mass is 426 g/mol. The number of rotatable bonds is 6. The van der Waals surface area contributed by atoms with Crippen molar-refractivity contribution in [3.63, 3.8) is 0 Å². The Bertz CT molecular complexity index is 1250. The van der Waals surface area contributed by atoms with Crippen LogP contribution in [0.15, 0.2) is 53.4 Å². The second kappa shape index (κ2) is 7.70. The van der Waals surface area contributed by atoms with Gasteiger partial charge in [0.05, 0.1) is 22.8 Å². The summed E-state index contributed by atoms with van der Waals surface area (Å²) < 4.78 is 30.3. The van der Waals surface area contributed by atoms with Gasteiger partial charge in [0, 0.05) is 5.56 Å². The van der Waals surface area contributed by atoms with E-state index in [1.165, 1.54) is 11.3 Å². The third-order valence-electron chi connectivity index (χ3n) is 4.62. The molecular formula is C21H22N4O2S2. The summed E-state index contributed by atoms with van der Waals surface area (Å²) in [6, 6.07) is 15.1. The smallest absolute Gasteiger partial charge is 0.217 e. The highest BCUT2D eigenvalue weighted by molar-refractivity contribution is 7.89. The van der Waals surface area contributed by atoms with Crippen molar-refractivity contribution in [1.29, 1.82) is 0 Å². The van der Waals surface area contributed by atoms with Crippen LogP contribution >= 0.6 is 11.3 Å². The molecule has 1 N–H and O–H groups in total. The summed E-state index contributed by atoms with van der Waals surface area (Å²) in [5, 5.41) is 5.58. The second-order valence-electron chi connectivity index (χ2n) is 6.96. The lowest BCUT2D eigenvalue weighted by Crippen LogP contribution is -2.24. The van der Waals surface area contributed by atoms with E-state index in [4.69, 9.17) is 4.98 Å². The molecule has 8 heteroatoms. The van der Waals surface area contributed by atoms with E-state index in [2.05, 4.69) is 9.82 Å². The van der Waals surface area contributed by atoms with Crippen molar-refractivity contribution >= 4 is 26.3 Å². The van der Waals surface area contributed by atoms with Gasteiger partial charge in [0.25, 0.3) is 0 Å². The lowest BCUT2D eigenvalue weighted by atomic mass is 10.1. The molecule has 0 aliphatic carbocycles. The minimum absolute atomic E-state index is 0.105. The maximum atomic E-state index is 12.9. The lowest BCUT2D eigenvalue weighted by Gasteiger charge is -2.09. The fourth-order valence-electron chi connectivity index (χ4n) is 3.29. The van der Waals surface area contributed by atoms with Crippen LogP contribution < -0.4 is 4.72 Å². The zero-order chi connectivity index (χ0) is 20.6. The molecule has 0 aliphatic rings. The highest BCUT2D eigenvalue weighted by Crippen LogP contribution is 2.27. The summed E-state index contributed by atoms with van der Waals surface area (Å²) >= 11 is 1.52. The first kappa shape index (κ1) is 19.8. The van der Waals surface area contributed by atoms with Crippen molar-refractivity contribution in [2.45, 2.75) is 38.6 Å². The van der Waals surface area contributed by atoms with Crippen LogP contribution in [0.5, 0.6) is 0 Å². The van der Waals surface area contributed by atoms with Gasteiger partial charge in [0.2, 0.25) is 15.0 Å². The first-order valence-electron chi connectivity index (χ1n) is 9.38. The molecule has 4 rings (SSSR count). The Morgan fingerprint density at radius 3 is 2.41 bits per heavy atom. The van der Waals surface area contributed by atoms with E-state index >= 15 is 0 Å². The fraction of sp³-hybridized carbons (Fsp3) is 0.238. The van der Waals surface area contributed by atoms with E-state index in [0.717, 1.165) is 44.5 Å². The second-order valence-corrected chi connectivity index (χ2v) is 9.77. The largest absolute Gasteiger partial charge is 0.240 e. The molecule has 0 atom stereocenters. The molecule has 0 saturated carbocycles. The average Bonchev–Trinajstić information content (AvgIpc) is 3.24. The Labute approximate surface area is 174 Å². The van der Waals surface area contributed by atoms with Crippen molar-refractivity contribution in [2.75, 3.05) is 0 Å². The van der Waals surface area contributed by atoms with Crippen LogP contribution in [-0.4, -0.2) is 23.0 Å². The number of sulfonamides is 1. The summed E-state index contributed by atoms with van der Waals surface area (Å²) in [4.78, 5) is 5.77. The van der Waals surface area contributed by atoms with E-state index < -0.39 is 10.0 Å². The molecular weight excluding hydrogens is 404 g/mol. The van der Waals surface area contributed by atoms with Crippen molar-refractivity contribution < 1.29 is 8.42 Å². The van der Waals surface area contributed by atoms with E-state index in [1.807, 2.05) is 57.2 Å². The molecule has 0 bridgehead atoms. The normalized spacial score (nSPS) is 12.0. The number of hydrogen-bond acceptors (Lipinski definition) is 5. The molecule has 6 nitrogen and oxygen atoms in total. The Morgan fingerprint density at radius 2 is 1.76 bits per heavy atom. The fourth-order valence-corrected chi connectivity index (χ4v) is 5.32. The van der Waals surface area contributed by atoms with Crippen molar-refractivity contribution in [2.24, 2.45) is 0 Å². The molecule has 0 unspecified atom stereocenters. The van der Waals surface area contributed by atoms with Crippen LogP contribution in [0, 0.1) is 13.8 Å². The van der Waals surface area contributed by atoms with Crippen molar-refractivity contribution in [3.8, 4) is 11.3 Å². The van der Waals surface area contributed by atoms with E-state index in [1.54, 1.807) is 16.6 Å². The van der Waals surface area contributed by atoms with Gasteiger partial charge in [-0.2, -0.15) is 5.10 Å². The number of fused-ring (bicyclic) bond motifs is 1. The molecule has 0 spiro atoms. The number of nitrogens with one attached hydrogen (secondary N) is 1. The zero-order valence-corrected chi connectivity index (χ0v) is 18.1. The van der Waals surface area contributed by atoms with Gasteiger partial charge in [-0.25, -0.2) is 22.6 Å². The van der Waals surface area contributed by atoms with Gasteiger partial charge in [-0.05, 0) is 43.5 Å². The van der Waals surface area contributed by atoms with E-state index in [9.17, 15) is 8.42 Å². The first-order chi connectivity index (χ1) is 13.9. The minimum atomic E-state index is -3.66. The van der Waals surface area contributed by atoms with Gasteiger partial charge in [0.15, 0.2) is 0 Å². The lowest BCUT2D eigenvalue weighted by molar-refractivity contribution is 0.579. The van der Waals surface area contributed by atoms with Crippen LogP contribution in [0.25, 0.3) is 16.2 Å². The Hall–Kier alpha value is -2.55. The molecule has 4 aromatic rings. The number of aromatic nitrogens is 3. The highest BCUT2D eigenvalue weighted by Gasteiger charge is 2.21. The Morgan fingerprint density at radius 1 is 1.07 bits per heavy atom. The predicted octanol–water partition coefficient (Wildman–Crippen LogP) is 4.12.